The van der Waals surface area contributed by atoms with Gasteiger partial charge in [0, 0.05) is 19.0 Å². The predicted octanol–water partition coefficient (Wildman–Crippen LogP) is 9.08. The molecule has 75 heavy (non-hydrogen) atoms. The lowest BCUT2D eigenvalue weighted by Gasteiger charge is -2.21. The third-order valence-electron chi connectivity index (χ3n) is 11.7. The van der Waals surface area contributed by atoms with Gasteiger partial charge in [-0.15, -0.1) is 0 Å². The first-order valence-electron chi connectivity index (χ1n) is 26.5. The van der Waals surface area contributed by atoms with Gasteiger partial charge in [-0.2, -0.15) is 9.29 Å². The number of rotatable bonds is 42. The van der Waals surface area contributed by atoms with Gasteiger partial charge in [0.15, 0.2) is 12.3 Å². The van der Waals surface area contributed by atoms with Crippen molar-refractivity contribution in [1.29, 1.82) is 0 Å². The van der Waals surface area contributed by atoms with E-state index in [1.165, 1.54) is 63.9 Å². The van der Waals surface area contributed by atoms with Crippen LogP contribution in [-0.2, 0) is 46.3 Å². The largest absolute Gasteiger partial charge is 0.481 e. The maximum Gasteiger partial charge on any atom is 0.481 e. The van der Waals surface area contributed by atoms with E-state index in [4.69, 9.17) is 29.0 Å². The van der Waals surface area contributed by atoms with Crippen LogP contribution < -0.4 is 11.4 Å². The fraction of sp³-hybridized carbons (Fsp3) is 0.660. The van der Waals surface area contributed by atoms with Gasteiger partial charge in [0.05, 0.1) is 25.4 Å². The summed E-state index contributed by atoms with van der Waals surface area (Å²) in [6.07, 6.45) is 32.0. The van der Waals surface area contributed by atoms with E-state index in [1.807, 2.05) is 37.3 Å². The minimum atomic E-state index is -5.47. The Morgan fingerprint density at radius 3 is 1.89 bits per heavy atom. The summed E-state index contributed by atoms with van der Waals surface area (Å²) in [7, 11) is -10.9. The van der Waals surface area contributed by atoms with Crippen LogP contribution in [0.3, 0.4) is 0 Å². The number of carbonyl (C=O) groups is 2. The molecule has 22 heteroatoms. The number of ether oxygens (including phenoxy) is 3. The molecule has 1 fully saturated rings. The van der Waals surface area contributed by atoms with E-state index in [-0.39, 0.29) is 25.1 Å². The van der Waals surface area contributed by atoms with Crippen molar-refractivity contribution in [3.05, 3.63) is 95.7 Å². The number of carbonyl (C=O) groups excluding carboxylic acids is 2. The van der Waals surface area contributed by atoms with E-state index < -0.39 is 95.9 Å². The van der Waals surface area contributed by atoms with Crippen LogP contribution in [-0.4, -0.2) is 108 Å². The SMILES string of the molecule is CC/C=C\C[C@H](O)/C=C/C=C\C=C\[C@H](O)C/C=C\C/C=C\CCC(=O)O[C@H](COC(=O)CCCCCCCCCCCCCCCC(C)C)COP(=O)(O)OP(=O)(O)OC[C@H]1O[C@@H](n2ccc(N)nc2=O)[C@H](O)[C@@H]1O. The lowest BCUT2D eigenvalue weighted by Crippen LogP contribution is -2.36. The molecule has 20 nitrogen and oxygen atoms in total. The molecule has 0 aromatic carbocycles. The second-order valence-electron chi connectivity index (χ2n) is 18.9. The topological polar surface area (TPSA) is 306 Å². The summed E-state index contributed by atoms with van der Waals surface area (Å²) in [6.45, 7) is 4.11. The zero-order valence-corrected chi connectivity index (χ0v) is 46.0. The molecule has 1 aromatic rings. The molecule has 0 amide bonds. The number of nitrogens with zero attached hydrogens (tertiary/aromatic N) is 2. The van der Waals surface area contributed by atoms with E-state index in [1.54, 1.807) is 42.5 Å². The van der Waals surface area contributed by atoms with Gasteiger partial charge in [-0.3, -0.25) is 23.2 Å². The Hall–Kier alpha value is -3.88. The Morgan fingerprint density at radius 2 is 1.31 bits per heavy atom. The van der Waals surface area contributed by atoms with Gasteiger partial charge < -0.3 is 50.2 Å². The third-order valence-corrected chi connectivity index (χ3v) is 14.3. The third kappa shape index (κ3) is 33.1. The number of phosphoric ester groups is 2. The van der Waals surface area contributed by atoms with Crippen molar-refractivity contribution >= 4 is 33.4 Å². The Morgan fingerprint density at radius 1 is 0.747 bits per heavy atom. The minimum absolute atomic E-state index is 0.0877. The highest BCUT2D eigenvalue weighted by atomic mass is 31.3. The molecule has 9 atom stereocenters. The molecule has 2 unspecified atom stereocenters. The van der Waals surface area contributed by atoms with Crippen molar-refractivity contribution in [1.82, 2.24) is 9.55 Å². The summed E-state index contributed by atoms with van der Waals surface area (Å²) in [5.74, 6) is -0.700. The number of nitrogen functional groups attached to an aromatic ring is 1. The number of hydrogen-bond acceptors (Lipinski definition) is 17. The Labute approximate surface area is 443 Å². The Kier molecular flexibility index (Phi) is 35.4. The molecule has 426 valence electrons. The van der Waals surface area contributed by atoms with Gasteiger partial charge in [0.25, 0.3) is 0 Å². The van der Waals surface area contributed by atoms with Crippen molar-refractivity contribution in [2.75, 3.05) is 25.6 Å². The number of aliphatic hydroxyl groups is 4. The fourth-order valence-corrected chi connectivity index (χ4v) is 9.63. The van der Waals surface area contributed by atoms with Crippen molar-refractivity contribution in [3.8, 4) is 0 Å². The van der Waals surface area contributed by atoms with Crippen LogP contribution in [0.5, 0.6) is 0 Å². The summed E-state index contributed by atoms with van der Waals surface area (Å²) < 4.78 is 56.7. The normalized spacial score (nSPS) is 20.3. The maximum atomic E-state index is 12.9. The lowest BCUT2D eigenvalue weighted by molar-refractivity contribution is -0.161. The summed E-state index contributed by atoms with van der Waals surface area (Å²) in [5.41, 5.74) is 4.57. The lowest BCUT2D eigenvalue weighted by atomic mass is 10.0. The Bertz CT molecular complexity index is 2090. The molecule has 0 radical (unpaired) electrons. The van der Waals surface area contributed by atoms with Crippen LogP contribution in [0.2, 0.25) is 0 Å². The standard InChI is InChI=1S/C53H87N3O17P2/c1-4-5-23-31-43(57)33-26-21-22-27-34-44(58)32-25-18-15-16-20-29-36-49(60)71-45(39-68-48(59)35-28-19-14-12-10-8-6-7-9-11-13-17-24-30-42(2)3)40-69-74(64,65)73-75(66,67)70-41-46-50(61)51(62)52(72-46)56-38-37-47(54)55-53(56)63/h5,16,18,20-23,25-27,33-34,37-38,42-46,50-52,57-58,61-62H,4,6-15,17,19,24,28-32,35-36,39-41H2,1-3H3,(H,64,65)(H,66,67)(H2,54,55,63)/b20-16-,22-21-,23-5-,25-18-,33-26+,34-27+/t43-,44+,45+,46+,50+,51+,52+/m0/s1. The van der Waals surface area contributed by atoms with Gasteiger partial charge in [0.2, 0.25) is 0 Å². The second-order valence-corrected chi connectivity index (χ2v) is 21.9. The Balaban J connectivity index is 1.85. The molecule has 0 bridgehead atoms. The average molecular weight is 1100 g/mol. The highest BCUT2D eigenvalue weighted by molar-refractivity contribution is 7.61. The fourth-order valence-electron chi connectivity index (χ4n) is 7.52. The minimum Gasteiger partial charge on any atom is -0.462 e. The van der Waals surface area contributed by atoms with Crippen LogP contribution in [0, 0.1) is 5.92 Å². The van der Waals surface area contributed by atoms with E-state index in [2.05, 4.69) is 23.1 Å². The zero-order chi connectivity index (χ0) is 55.3. The van der Waals surface area contributed by atoms with Crippen LogP contribution in [0.4, 0.5) is 5.82 Å². The molecule has 1 aliphatic heterocycles. The van der Waals surface area contributed by atoms with Gasteiger partial charge in [-0.05, 0) is 50.5 Å². The number of nitrogens with two attached hydrogens (primary N) is 1. The summed E-state index contributed by atoms with van der Waals surface area (Å²) in [5, 5.41) is 41.0. The zero-order valence-electron chi connectivity index (χ0n) is 44.2. The van der Waals surface area contributed by atoms with Crippen molar-refractivity contribution in [2.45, 2.75) is 198 Å². The van der Waals surface area contributed by atoms with E-state index in [0.717, 1.165) is 48.8 Å². The number of unbranched alkanes of at least 4 members (excludes halogenated alkanes) is 12. The highest BCUT2D eigenvalue weighted by Crippen LogP contribution is 2.60. The van der Waals surface area contributed by atoms with Crippen molar-refractivity contribution in [3.63, 3.8) is 0 Å². The van der Waals surface area contributed by atoms with E-state index in [9.17, 15) is 53.7 Å². The maximum absolute atomic E-state index is 12.9. The molecule has 1 saturated heterocycles. The molecule has 0 saturated carbocycles. The summed E-state index contributed by atoms with van der Waals surface area (Å²) in [4.78, 5) is 62.0. The summed E-state index contributed by atoms with van der Waals surface area (Å²) >= 11 is 0. The number of aliphatic hydroxyl groups excluding tert-OH is 4. The molecule has 0 aliphatic carbocycles. The molecular formula is C53H87N3O17P2. The molecular weight excluding hydrogens is 1010 g/mol. The highest BCUT2D eigenvalue weighted by Gasteiger charge is 2.46. The average Bonchev–Trinajstić information content (AvgIpc) is 3.63. The molecule has 2 heterocycles. The van der Waals surface area contributed by atoms with Gasteiger partial charge in [0.1, 0.15) is 30.7 Å². The molecule has 1 aromatic heterocycles. The van der Waals surface area contributed by atoms with Crippen molar-refractivity contribution < 1.29 is 76.5 Å². The van der Waals surface area contributed by atoms with Gasteiger partial charge in [-0.25, -0.2) is 13.9 Å². The molecule has 0 spiro atoms. The second kappa shape index (κ2) is 39.5. The van der Waals surface area contributed by atoms with E-state index >= 15 is 0 Å². The van der Waals surface area contributed by atoms with Crippen molar-refractivity contribution in [2.24, 2.45) is 5.92 Å². The molecule has 8 N–H and O–H groups in total. The predicted molar refractivity (Wildman–Crippen MR) is 287 cm³/mol. The quantitative estimate of drug-likeness (QED) is 0.0105. The first kappa shape index (κ1) is 67.2. The van der Waals surface area contributed by atoms with E-state index in [0.29, 0.717) is 25.7 Å². The number of aromatic nitrogens is 2. The number of allylic oxidation sites excluding steroid dienone is 8. The van der Waals surface area contributed by atoms with Crippen LogP contribution >= 0.6 is 15.6 Å². The molecule has 1 aliphatic rings. The first-order chi connectivity index (χ1) is 35.8. The molecule has 2 rings (SSSR count). The smallest absolute Gasteiger partial charge is 0.462 e. The monoisotopic (exact) mass is 1100 g/mol. The number of phosphoric acid groups is 2. The first-order valence-corrected chi connectivity index (χ1v) is 29.5. The summed E-state index contributed by atoms with van der Waals surface area (Å²) in [6, 6.07) is 1.23. The van der Waals surface area contributed by atoms with Crippen LogP contribution in [0.1, 0.15) is 162 Å². The van der Waals surface area contributed by atoms with Gasteiger partial charge in [-0.1, -0.05) is 177 Å². The van der Waals surface area contributed by atoms with Crippen LogP contribution in [0.25, 0.3) is 0 Å². The number of anilines is 1. The van der Waals surface area contributed by atoms with Crippen LogP contribution in [0.15, 0.2) is 90.0 Å². The number of esters is 2. The van der Waals surface area contributed by atoms with Gasteiger partial charge >= 0.3 is 33.3 Å². The number of hydrogen-bond donors (Lipinski definition) is 7.